The van der Waals surface area contributed by atoms with E-state index in [0.717, 1.165) is 0 Å². The average Bonchev–Trinajstić information content (AvgIpc) is 2.69. The number of ether oxygens (including phenoxy) is 1. The summed E-state index contributed by atoms with van der Waals surface area (Å²) in [5, 5.41) is 2.67. The lowest BCUT2D eigenvalue weighted by molar-refractivity contribution is -0.143. The lowest BCUT2D eigenvalue weighted by atomic mass is 10.0. The number of hydrogen-bond donors (Lipinski definition) is 2. The molecule has 2 aromatic rings. The summed E-state index contributed by atoms with van der Waals surface area (Å²) in [6.07, 6.45) is -9.58. The van der Waals surface area contributed by atoms with Gasteiger partial charge < -0.3 is 15.8 Å². The molecule has 0 radical (unpaired) electrons. The van der Waals surface area contributed by atoms with E-state index in [1.165, 1.54) is 0 Å². The molecule has 3 N–H and O–H groups in total. The van der Waals surface area contributed by atoms with Gasteiger partial charge in [0.05, 0.1) is 23.2 Å². The van der Waals surface area contributed by atoms with Crippen LogP contribution in [-0.2, 0) is 17.1 Å². The monoisotopic (exact) mass is 462 g/mol. The van der Waals surface area contributed by atoms with E-state index < -0.39 is 53.8 Å². The summed E-state index contributed by atoms with van der Waals surface area (Å²) >= 11 is 0. The molecule has 2 atom stereocenters. The van der Waals surface area contributed by atoms with Gasteiger partial charge in [0.15, 0.2) is 0 Å². The van der Waals surface area contributed by atoms with Crippen molar-refractivity contribution in [2.45, 2.75) is 44.7 Å². The van der Waals surface area contributed by atoms with Crippen LogP contribution in [0.4, 0.5) is 26.3 Å². The van der Waals surface area contributed by atoms with E-state index >= 15 is 0 Å². The van der Waals surface area contributed by atoms with Crippen molar-refractivity contribution in [3.8, 4) is 5.75 Å². The number of rotatable bonds is 8. The first kappa shape index (κ1) is 25.5. The van der Waals surface area contributed by atoms with Crippen LogP contribution >= 0.6 is 0 Å². The van der Waals surface area contributed by atoms with Gasteiger partial charge in [-0.3, -0.25) is 4.79 Å². The predicted molar refractivity (Wildman–Crippen MR) is 107 cm³/mol. The Kier molecular flexibility index (Phi) is 8.17. The molecule has 0 heterocycles. The lowest BCUT2D eigenvalue weighted by Gasteiger charge is -2.23. The van der Waals surface area contributed by atoms with Crippen molar-refractivity contribution >= 4 is 5.91 Å². The second-order valence-corrected chi connectivity index (χ2v) is 7.76. The van der Waals surface area contributed by atoms with Crippen LogP contribution in [0.2, 0.25) is 0 Å². The van der Waals surface area contributed by atoms with Crippen molar-refractivity contribution < 1.29 is 35.9 Å². The molecule has 4 nitrogen and oxygen atoms in total. The Bertz CT molecular complexity index is 865. The zero-order chi connectivity index (χ0) is 24.1. The van der Waals surface area contributed by atoms with Gasteiger partial charge in [-0.25, -0.2) is 0 Å². The molecular formula is C22H24F6N2O2. The van der Waals surface area contributed by atoms with Crippen molar-refractivity contribution in [2.75, 3.05) is 6.61 Å². The maximum absolute atomic E-state index is 13.1. The minimum absolute atomic E-state index is 0.0221. The first-order valence-corrected chi connectivity index (χ1v) is 9.80. The minimum Gasteiger partial charge on any atom is -0.491 e. The largest absolute Gasteiger partial charge is 0.491 e. The summed E-state index contributed by atoms with van der Waals surface area (Å²) in [7, 11) is 0. The number of halogens is 6. The first-order valence-electron chi connectivity index (χ1n) is 9.80. The molecule has 0 fully saturated rings. The number of carbonyl (C=O) groups is 1. The Balaban J connectivity index is 2.28. The molecule has 0 saturated carbocycles. The fourth-order valence-corrected chi connectivity index (χ4v) is 2.99. The maximum Gasteiger partial charge on any atom is 0.416 e. The zero-order valence-corrected chi connectivity index (χ0v) is 17.4. The fourth-order valence-electron chi connectivity index (χ4n) is 2.99. The summed E-state index contributed by atoms with van der Waals surface area (Å²) < 4.78 is 83.7. The summed E-state index contributed by atoms with van der Waals surface area (Å²) in [5.74, 6) is -0.974. The van der Waals surface area contributed by atoms with Gasteiger partial charge in [-0.05, 0) is 36.1 Å². The number of carbonyl (C=O) groups excluding carboxylic acids is 1. The number of amides is 1. The van der Waals surface area contributed by atoms with Crippen LogP contribution in [0.15, 0.2) is 48.5 Å². The maximum atomic E-state index is 13.1. The highest BCUT2D eigenvalue weighted by Gasteiger charge is 2.37. The molecule has 0 saturated heterocycles. The van der Waals surface area contributed by atoms with Gasteiger partial charge in [0.1, 0.15) is 12.4 Å². The lowest BCUT2D eigenvalue weighted by Crippen LogP contribution is -2.44. The van der Waals surface area contributed by atoms with Gasteiger partial charge in [0, 0.05) is 0 Å². The molecule has 0 bridgehead atoms. The van der Waals surface area contributed by atoms with Crippen molar-refractivity contribution in [1.29, 1.82) is 0 Å². The molecule has 0 aliphatic carbocycles. The van der Waals surface area contributed by atoms with Gasteiger partial charge in [-0.15, -0.1) is 0 Å². The minimum atomic E-state index is -4.99. The Morgan fingerprint density at radius 1 is 0.969 bits per heavy atom. The quantitative estimate of drug-likeness (QED) is 0.521. The third-order valence-corrected chi connectivity index (χ3v) is 4.56. The van der Waals surface area contributed by atoms with Gasteiger partial charge >= 0.3 is 12.4 Å². The number of nitrogens with two attached hydrogens (primary N) is 1. The Labute approximate surface area is 181 Å². The number of benzene rings is 2. The van der Waals surface area contributed by atoms with Crippen LogP contribution in [0.25, 0.3) is 0 Å². The molecule has 176 valence electrons. The van der Waals surface area contributed by atoms with Crippen LogP contribution in [0.3, 0.4) is 0 Å². The van der Waals surface area contributed by atoms with Crippen LogP contribution in [0.5, 0.6) is 5.75 Å². The predicted octanol–water partition coefficient (Wildman–Crippen LogP) is 5.33. The summed E-state index contributed by atoms with van der Waals surface area (Å²) in [6, 6.07) is 7.70. The van der Waals surface area contributed by atoms with Gasteiger partial charge in [-0.2, -0.15) is 26.3 Å². The van der Waals surface area contributed by atoms with Crippen LogP contribution in [-0.4, -0.2) is 18.6 Å². The molecule has 1 amide bonds. The topological polar surface area (TPSA) is 64.4 Å². The van der Waals surface area contributed by atoms with Crippen LogP contribution in [0, 0.1) is 5.92 Å². The van der Waals surface area contributed by atoms with Crippen LogP contribution in [0.1, 0.15) is 43.0 Å². The molecule has 0 aliphatic rings. The highest BCUT2D eigenvalue weighted by atomic mass is 19.4. The van der Waals surface area contributed by atoms with E-state index in [0.29, 0.717) is 24.1 Å². The molecule has 0 aliphatic heterocycles. The number of alkyl halides is 6. The molecule has 0 spiro atoms. The van der Waals surface area contributed by atoms with Crippen molar-refractivity contribution in [1.82, 2.24) is 5.32 Å². The van der Waals surface area contributed by atoms with Crippen molar-refractivity contribution in [3.63, 3.8) is 0 Å². The Morgan fingerprint density at radius 3 is 1.97 bits per heavy atom. The zero-order valence-electron chi connectivity index (χ0n) is 17.4. The number of nitrogens with one attached hydrogen (secondary N) is 1. The third kappa shape index (κ3) is 7.44. The van der Waals surface area contributed by atoms with Crippen LogP contribution < -0.4 is 15.8 Å². The average molecular weight is 462 g/mol. The molecule has 32 heavy (non-hydrogen) atoms. The molecule has 2 unspecified atom stereocenters. The highest BCUT2D eigenvalue weighted by Crippen LogP contribution is 2.38. The Morgan fingerprint density at radius 2 is 1.50 bits per heavy atom. The van der Waals surface area contributed by atoms with Crippen molar-refractivity contribution in [2.24, 2.45) is 11.7 Å². The van der Waals surface area contributed by atoms with Gasteiger partial charge in [0.25, 0.3) is 0 Å². The molecule has 2 rings (SSSR count). The highest BCUT2D eigenvalue weighted by molar-refractivity contribution is 5.81. The van der Waals surface area contributed by atoms with Crippen molar-refractivity contribution in [3.05, 3.63) is 65.2 Å². The van der Waals surface area contributed by atoms with E-state index in [2.05, 4.69) is 5.32 Å². The van der Waals surface area contributed by atoms with E-state index in [1.807, 2.05) is 13.8 Å². The summed E-state index contributed by atoms with van der Waals surface area (Å²) in [5.41, 5.74) is 3.47. The molecule has 10 heteroatoms. The SMILES string of the molecule is CC(C)CC(N)C(=O)NC(COc1cc(C(F)(F)F)cc(C(F)(F)F)c1)c1ccccc1. The smallest absolute Gasteiger partial charge is 0.416 e. The second kappa shape index (κ2) is 10.2. The van der Waals surface area contributed by atoms with Gasteiger partial charge in [0.2, 0.25) is 5.91 Å². The van der Waals surface area contributed by atoms with Gasteiger partial charge in [-0.1, -0.05) is 44.2 Å². The third-order valence-electron chi connectivity index (χ3n) is 4.56. The summed E-state index contributed by atoms with van der Waals surface area (Å²) in [4.78, 5) is 12.5. The molecular weight excluding hydrogens is 438 g/mol. The normalized spacial score (nSPS) is 14.2. The van der Waals surface area contributed by atoms with E-state index in [-0.39, 0.29) is 12.0 Å². The molecule has 0 aromatic heterocycles. The fraction of sp³-hybridized carbons (Fsp3) is 0.409. The number of hydrogen-bond acceptors (Lipinski definition) is 3. The molecule has 2 aromatic carbocycles. The second-order valence-electron chi connectivity index (χ2n) is 7.76. The van der Waals surface area contributed by atoms with E-state index in [9.17, 15) is 31.1 Å². The first-order chi connectivity index (χ1) is 14.8. The van der Waals surface area contributed by atoms with E-state index in [4.69, 9.17) is 10.5 Å². The Hall–Kier alpha value is -2.75. The standard InChI is InChI=1S/C22H24F6N2O2/c1-13(2)8-18(29)20(31)30-19(14-6-4-3-5-7-14)12-32-17-10-15(21(23,24)25)9-16(11-17)22(26,27)28/h3-7,9-11,13,18-19H,8,12,29H2,1-2H3,(H,30,31). The summed E-state index contributed by atoms with van der Waals surface area (Å²) in [6.45, 7) is 3.37. The van der Waals surface area contributed by atoms with E-state index in [1.54, 1.807) is 30.3 Å².